The number of aromatic nitrogens is 1. The van der Waals surface area contributed by atoms with E-state index < -0.39 is 0 Å². The van der Waals surface area contributed by atoms with Gasteiger partial charge in [-0.25, -0.2) is 14.8 Å². The minimum absolute atomic E-state index is 0.151. The van der Waals surface area contributed by atoms with Gasteiger partial charge in [-0.15, -0.1) is 0 Å². The first kappa shape index (κ1) is 39.5. The lowest BCUT2D eigenvalue weighted by Gasteiger charge is -2.49. The SMILES string of the molecule is C=C(/N=C1/CN(c2cnc(OCC)c(C)c2C)CC/C1=C/C)Nc1ccc(CC(=O)N2CCN(C3CN(c4ccc(N5CCC(=O)NC5=O)c(C)c4)C3)CC2)cc1. The molecule has 300 valence electrons. The summed E-state index contributed by atoms with van der Waals surface area (Å²) in [6, 6.07) is 14.2. The number of nitrogens with zero attached hydrogens (tertiary/aromatic N) is 7. The summed E-state index contributed by atoms with van der Waals surface area (Å²) in [7, 11) is 0. The normalized spacial score (nSPS) is 19.5. The molecule has 4 aliphatic heterocycles. The molecule has 0 radical (unpaired) electrons. The minimum Gasteiger partial charge on any atom is -0.478 e. The number of pyridine rings is 1. The van der Waals surface area contributed by atoms with E-state index in [4.69, 9.17) is 9.73 Å². The van der Waals surface area contributed by atoms with Gasteiger partial charge in [0.15, 0.2) is 0 Å². The van der Waals surface area contributed by atoms with Crippen molar-refractivity contribution in [3.63, 3.8) is 0 Å². The number of anilines is 4. The molecule has 0 aliphatic carbocycles. The highest BCUT2D eigenvalue weighted by molar-refractivity contribution is 6.06. The van der Waals surface area contributed by atoms with E-state index in [0.717, 1.165) is 97.4 Å². The molecule has 4 aliphatic rings. The van der Waals surface area contributed by atoms with Crippen LogP contribution in [0.25, 0.3) is 0 Å². The van der Waals surface area contributed by atoms with Crippen LogP contribution in [0.1, 0.15) is 48.9 Å². The summed E-state index contributed by atoms with van der Waals surface area (Å²) in [6.45, 7) is 22.0. The summed E-state index contributed by atoms with van der Waals surface area (Å²) in [5, 5.41) is 5.75. The van der Waals surface area contributed by atoms with Gasteiger partial charge in [0.2, 0.25) is 17.7 Å². The van der Waals surface area contributed by atoms with Crippen molar-refractivity contribution in [2.24, 2.45) is 4.99 Å². The van der Waals surface area contributed by atoms with Gasteiger partial charge in [0.25, 0.3) is 0 Å². The second-order valence-corrected chi connectivity index (χ2v) is 15.3. The van der Waals surface area contributed by atoms with Crippen LogP contribution in [-0.4, -0.2) is 110 Å². The van der Waals surface area contributed by atoms with E-state index in [9.17, 15) is 14.4 Å². The molecular formula is C44H55N9O4. The third-order valence-corrected chi connectivity index (χ3v) is 11.7. The molecule has 0 atom stereocenters. The molecular weight excluding hydrogens is 719 g/mol. The van der Waals surface area contributed by atoms with E-state index in [1.807, 2.05) is 55.3 Å². The predicted molar refractivity (Wildman–Crippen MR) is 227 cm³/mol. The smallest absolute Gasteiger partial charge is 0.328 e. The number of carbonyl (C=O) groups excluding carboxylic acids is 3. The number of allylic oxidation sites excluding steroid dienone is 1. The number of carbonyl (C=O) groups is 3. The molecule has 0 unspecified atom stereocenters. The molecule has 57 heavy (non-hydrogen) atoms. The number of imide groups is 1. The maximum absolute atomic E-state index is 13.3. The maximum atomic E-state index is 13.3. The molecule has 13 heteroatoms. The van der Waals surface area contributed by atoms with Crippen molar-refractivity contribution in [2.45, 2.75) is 59.9 Å². The lowest BCUT2D eigenvalue weighted by Crippen LogP contribution is -2.63. The topological polar surface area (TPSA) is 126 Å². The Bertz CT molecular complexity index is 2080. The first-order chi connectivity index (χ1) is 27.5. The summed E-state index contributed by atoms with van der Waals surface area (Å²) in [4.78, 5) is 57.5. The Kier molecular flexibility index (Phi) is 11.9. The Hall–Kier alpha value is -5.69. The van der Waals surface area contributed by atoms with Crippen molar-refractivity contribution >= 4 is 46.3 Å². The number of benzene rings is 2. The van der Waals surface area contributed by atoms with Crippen LogP contribution in [0.2, 0.25) is 0 Å². The van der Waals surface area contributed by atoms with E-state index >= 15 is 0 Å². The van der Waals surface area contributed by atoms with Crippen LogP contribution in [0.3, 0.4) is 0 Å². The van der Waals surface area contributed by atoms with Crippen LogP contribution in [0, 0.1) is 20.8 Å². The van der Waals surface area contributed by atoms with Gasteiger partial charge in [-0.1, -0.05) is 24.8 Å². The molecule has 4 saturated heterocycles. The predicted octanol–water partition coefficient (Wildman–Crippen LogP) is 5.61. The number of piperidine rings is 1. The molecule has 13 nitrogen and oxygen atoms in total. The second-order valence-electron chi connectivity index (χ2n) is 15.3. The fraction of sp³-hybridized carbons (Fsp3) is 0.432. The number of aryl methyl sites for hydroxylation is 1. The van der Waals surface area contributed by atoms with Crippen LogP contribution >= 0.6 is 0 Å². The number of rotatable bonds is 11. The second kappa shape index (κ2) is 17.2. The van der Waals surface area contributed by atoms with Crippen LogP contribution in [0.15, 0.2) is 77.7 Å². The molecule has 7 rings (SSSR count). The van der Waals surface area contributed by atoms with Crippen molar-refractivity contribution in [1.29, 1.82) is 0 Å². The highest BCUT2D eigenvalue weighted by atomic mass is 16.5. The average Bonchev–Trinajstić information content (AvgIpc) is 3.17. The van der Waals surface area contributed by atoms with Crippen molar-refractivity contribution in [2.75, 3.05) is 85.5 Å². The zero-order chi connectivity index (χ0) is 40.2. The fourth-order valence-corrected chi connectivity index (χ4v) is 8.17. The Morgan fingerprint density at radius 3 is 2.40 bits per heavy atom. The lowest BCUT2D eigenvalue weighted by atomic mass is 9.99. The molecule has 0 saturated carbocycles. The van der Waals surface area contributed by atoms with Gasteiger partial charge in [-0.05, 0) is 93.6 Å². The fourth-order valence-electron chi connectivity index (χ4n) is 8.17. The quantitative estimate of drug-likeness (QED) is 0.256. The number of ether oxygens (including phenoxy) is 1. The lowest BCUT2D eigenvalue weighted by molar-refractivity contribution is -0.132. The summed E-state index contributed by atoms with van der Waals surface area (Å²) in [5.41, 5.74) is 10.3. The van der Waals surface area contributed by atoms with Gasteiger partial charge in [0, 0.05) is 87.4 Å². The van der Waals surface area contributed by atoms with Crippen molar-refractivity contribution in [1.82, 2.24) is 20.1 Å². The number of urea groups is 1. The molecule has 2 N–H and O–H groups in total. The van der Waals surface area contributed by atoms with Gasteiger partial charge in [-0.3, -0.25) is 24.7 Å². The van der Waals surface area contributed by atoms with Crippen molar-refractivity contribution in [3.8, 4) is 5.88 Å². The van der Waals surface area contributed by atoms with Gasteiger partial charge in [0.05, 0.1) is 37.2 Å². The Balaban J connectivity index is 0.862. The van der Waals surface area contributed by atoms with Crippen molar-refractivity contribution in [3.05, 3.63) is 95.0 Å². The van der Waals surface area contributed by atoms with E-state index in [0.29, 0.717) is 50.3 Å². The third-order valence-electron chi connectivity index (χ3n) is 11.7. The standard InChI is InChI=1S/C44H55N9O4/c1-7-34-15-17-51(40-25-45-43(57-8-2)31(5)30(40)4)28-38(34)47-32(6)46-35-11-9-33(10-12-35)24-42(55)50-21-19-49(20-22-50)37-26-52(27-37)36-13-14-39(29(3)23-36)53-18-16-41(54)48-44(53)56/h7,9-14,23,25,37,46H,6,8,15-22,24,26-28H2,1-5H3,(H,48,54,56)/b34-7-,47-38-. The molecule has 5 heterocycles. The Morgan fingerprint density at radius 2 is 1.72 bits per heavy atom. The monoisotopic (exact) mass is 773 g/mol. The highest BCUT2D eigenvalue weighted by Crippen LogP contribution is 2.32. The summed E-state index contributed by atoms with van der Waals surface area (Å²) in [6.07, 6.45) is 5.60. The van der Waals surface area contributed by atoms with Crippen LogP contribution in [-0.2, 0) is 16.0 Å². The number of hydrogen-bond donors (Lipinski definition) is 2. The van der Waals surface area contributed by atoms with E-state index in [1.165, 1.54) is 11.1 Å². The van der Waals surface area contributed by atoms with Gasteiger partial charge >= 0.3 is 6.03 Å². The van der Waals surface area contributed by atoms with E-state index in [-0.39, 0.29) is 17.8 Å². The molecule has 0 bridgehead atoms. The van der Waals surface area contributed by atoms with E-state index in [2.05, 4.69) is 75.9 Å². The molecule has 4 fully saturated rings. The Morgan fingerprint density at radius 1 is 0.965 bits per heavy atom. The summed E-state index contributed by atoms with van der Waals surface area (Å²) >= 11 is 0. The summed E-state index contributed by atoms with van der Waals surface area (Å²) < 4.78 is 5.71. The zero-order valence-corrected chi connectivity index (χ0v) is 33.9. The minimum atomic E-state index is -0.362. The number of nitrogens with one attached hydrogen (secondary N) is 2. The first-order valence-electron chi connectivity index (χ1n) is 20.1. The third kappa shape index (κ3) is 8.83. The first-order valence-corrected chi connectivity index (χ1v) is 20.1. The van der Waals surface area contributed by atoms with Crippen LogP contribution in [0.4, 0.5) is 27.5 Å². The Labute approximate surface area is 336 Å². The summed E-state index contributed by atoms with van der Waals surface area (Å²) in [5.74, 6) is 1.17. The van der Waals surface area contributed by atoms with E-state index in [1.54, 1.807) is 4.90 Å². The average molecular weight is 774 g/mol. The molecule has 1 aromatic heterocycles. The van der Waals surface area contributed by atoms with Gasteiger partial charge < -0.3 is 24.8 Å². The molecule has 3 aromatic rings. The van der Waals surface area contributed by atoms with Crippen molar-refractivity contribution < 1.29 is 19.1 Å². The molecule has 0 spiro atoms. The molecule has 2 aromatic carbocycles. The van der Waals surface area contributed by atoms with Gasteiger partial charge in [-0.2, -0.15) is 0 Å². The zero-order valence-electron chi connectivity index (χ0n) is 33.9. The number of hydrogen-bond acceptors (Lipinski definition) is 10. The molecule has 4 amide bonds. The van der Waals surface area contributed by atoms with Crippen LogP contribution in [0.5, 0.6) is 5.88 Å². The number of aliphatic imine (C=N–C) groups is 1. The van der Waals surface area contributed by atoms with Crippen LogP contribution < -0.4 is 30.1 Å². The highest BCUT2D eigenvalue weighted by Gasteiger charge is 2.35. The largest absolute Gasteiger partial charge is 0.478 e. The number of amides is 4. The maximum Gasteiger partial charge on any atom is 0.328 e. The number of piperazine rings is 1. The van der Waals surface area contributed by atoms with Gasteiger partial charge in [0.1, 0.15) is 5.82 Å².